The van der Waals surface area contributed by atoms with Gasteiger partial charge in [0.05, 0.1) is 15.1 Å². The molecule has 0 unspecified atom stereocenters. The monoisotopic (exact) mass is 318 g/mol. The normalized spacial score (nSPS) is 10.3. The highest BCUT2D eigenvalue weighted by Gasteiger charge is 2.17. The van der Waals surface area contributed by atoms with Gasteiger partial charge in [-0.15, -0.1) is 0 Å². The average molecular weight is 320 g/mol. The smallest absolute Gasteiger partial charge is 0.275 e. The van der Waals surface area contributed by atoms with Crippen LogP contribution in [-0.4, -0.2) is 10.9 Å². The number of anilines is 1. The minimum atomic E-state index is -0.560. The summed E-state index contributed by atoms with van der Waals surface area (Å²) < 4.78 is 12.7. The number of pyridine rings is 1. The van der Waals surface area contributed by atoms with E-state index in [4.69, 9.17) is 34.8 Å². The number of hydrogen-bond acceptors (Lipinski definition) is 2. The number of hydrogen-bond donors (Lipinski definition) is 1. The zero-order chi connectivity index (χ0) is 14.0. The first-order valence-corrected chi connectivity index (χ1v) is 6.19. The Hall–Kier alpha value is -1.36. The van der Waals surface area contributed by atoms with Gasteiger partial charge in [0, 0.05) is 11.9 Å². The van der Waals surface area contributed by atoms with Crippen LogP contribution in [0.15, 0.2) is 30.5 Å². The highest BCUT2D eigenvalue weighted by molar-refractivity contribution is 6.49. The minimum absolute atomic E-state index is 0.0335. The Morgan fingerprint density at radius 2 is 1.74 bits per heavy atom. The van der Waals surface area contributed by atoms with Crippen LogP contribution in [0, 0.1) is 5.82 Å². The van der Waals surface area contributed by atoms with E-state index in [2.05, 4.69) is 10.3 Å². The van der Waals surface area contributed by atoms with Gasteiger partial charge < -0.3 is 5.32 Å². The van der Waals surface area contributed by atoms with E-state index in [1.165, 1.54) is 30.5 Å². The van der Waals surface area contributed by atoms with Crippen LogP contribution in [0.1, 0.15) is 10.5 Å². The first kappa shape index (κ1) is 14.1. The Balaban J connectivity index is 2.25. The molecule has 3 nitrogen and oxygen atoms in total. The molecular weight excluding hydrogens is 314 g/mol. The van der Waals surface area contributed by atoms with E-state index in [0.29, 0.717) is 5.69 Å². The van der Waals surface area contributed by atoms with Crippen molar-refractivity contribution >= 4 is 46.4 Å². The van der Waals surface area contributed by atoms with E-state index < -0.39 is 11.7 Å². The molecule has 0 fully saturated rings. The van der Waals surface area contributed by atoms with Crippen molar-refractivity contribution in [3.8, 4) is 0 Å². The molecule has 0 aliphatic heterocycles. The lowest BCUT2D eigenvalue weighted by Crippen LogP contribution is -2.14. The van der Waals surface area contributed by atoms with E-state index >= 15 is 0 Å². The summed E-state index contributed by atoms with van der Waals surface area (Å²) in [5.74, 6) is -0.959. The van der Waals surface area contributed by atoms with Crippen LogP contribution in [0.3, 0.4) is 0 Å². The highest BCUT2D eigenvalue weighted by Crippen LogP contribution is 2.31. The van der Waals surface area contributed by atoms with Crippen LogP contribution >= 0.6 is 34.8 Å². The Kier molecular flexibility index (Phi) is 4.24. The summed E-state index contributed by atoms with van der Waals surface area (Å²) in [7, 11) is 0. The Morgan fingerprint density at radius 3 is 2.37 bits per heavy atom. The van der Waals surface area contributed by atoms with Crippen molar-refractivity contribution < 1.29 is 9.18 Å². The van der Waals surface area contributed by atoms with Gasteiger partial charge in [-0.3, -0.25) is 4.79 Å². The maximum absolute atomic E-state index is 12.7. The van der Waals surface area contributed by atoms with Gasteiger partial charge in [-0.25, -0.2) is 9.37 Å². The molecule has 0 aliphatic rings. The van der Waals surface area contributed by atoms with Crippen LogP contribution in [0.4, 0.5) is 10.1 Å². The summed E-state index contributed by atoms with van der Waals surface area (Å²) in [6.07, 6.45) is 1.23. The molecular formula is C12H6Cl3FN2O. The predicted octanol–water partition coefficient (Wildman–Crippen LogP) is 4.43. The molecule has 0 bridgehead atoms. The largest absolute Gasteiger partial charge is 0.321 e. The zero-order valence-corrected chi connectivity index (χ0v) is 11.5. The van der Waals surface area contributed by atoms with E-state index in [9.17, 15) is 9.18 Å². The van der Waals surface area contributed by atoms with Gasteiger partial charge in [-0.2, -0.15) is 0 Å². The fraction of sp³-hybridized carbons (Fsp3) is 0. The van der Waals surface area contributed by atoms with Gasteiger partial charge in [0.2, 0.25) is 0 Å². The second-order valence-corrected chi connectivity index (χ2v) is 4.71. The number of benzene rings is 1. The SMILES string of the molecule is O=C(Nc1ccc(F)cc1)c1ncc(Cl)c(Cl)c1Cl. The number of rotatable bonds is 2. The Labute approximate surface area is 123 Å². The molecule has 1 amide bonds. The van der Waals surface area contributed by atoms with Crippen molar-refractivity contribution in [3.05, 3.63) is 57.0 Å². The maximum Gasteiger partial charge on any atom is 0.275 e. The average Bonchev–Trinajstić information content (AvgIpc) is 2.39. The predicted molar refractivity (Wildman–Crippen MR) is 73.6 cm³/mol. The molecule has 0 aliphatic carbocycles. The lowest BCUT2D eigenvalue weighted by molar-refractivity contribution is 0.102. The summed E-state index contributed by atoms with van der Waals surface area (Å²) in [5.41, 5.74) is 0.357. The second kappa shape index (κ2) is 5.74. The molecule has 2 aromatic rings. The van der Waals surface area contributed by atoms with Crippen molar-refractivity contribution in [2.75, 3.05) is 5.32 Å². The quantitative estimate of drug-likeness (QED) is 0.889. The Morgan fingerprint density at radius 1 is 1.11 bits per heavy atom. The first-order valence-electron chi connectivity index (χ1n) is 5.05. The van der Waals surface area contributed by atoms with E-state index in [-0.39, 0.29) is 20.8 Å². The van der Waals surface area contributed by atoms with E-state index in [0.717, 1.165) is 0 Å². The van der Waals surface area contributed by atoms with Crippen molar-refractivity contribution in [3.63, 3.8) is 0 Å². The van der Waals surface area contributed by atoms with Crippen molar-refractivity contribution in [1.29, 1.82) is 0 Å². The maximum atomic E-state index is 12.7. The molecule has 1 N–H and O–H groups in total. The summed E-state index contributed by atoms with van der Waals surface area (Å²) in [6.45, 7) is 0. The standard InChI is InChI=1S/C12H6Cl3FN2O/c13-8-5-17-11(10(15)9(8)14)12(19)18-7-3-1-6(16)2-4-7/h1-5H,(H,18,19). The molecule has 0 atom stereocenters. The molecule has 0 spiro atoms. The summed E-state index contributed by atoms with van der Waals surface area (Å²) in [4.78, 5) is 15.7. The van der Waals surface area contributed by atoms with Crippen molar-refractivity contribution in [2.24, 2.45) is 0 Å². The number of aromatic nitrogens is 1. The number of nitrogens with one attached hydrogen (secondary N) is 1. The van der Waals surface area contributed by atoms with Crippen LogP contribution in [0.2, 0.25) is 15.1 Å². The number of nitrogens with zero attached hydrogens (tertiary/aromatic N) is 1. The third-order valence-corrected chi connectivity index (χ3v) is 3.48. The van der Waals surface area contributed by atoms with E-state index in [1.54, 1.807) is 0 Å². The molecule has 1 aromatic carbocycles. The molecule has 1 heterocycles. The lowest BCUT2D eigenvalue weighted by atomic mass is 10.3. The number of amides is 1. The van der Waals surface area contributed by atoms with Gasteiger partial charge in [-0.05, 0) is 24.3 Å². The molecule has 0 saturated carbocycles. The van der Waals surface area contributed by atoms with Crippen LogP contribution in [0.25, 0.3) is 0 Å². The summed E-state index contributed by atoms with van der Waals surface area (Å²) >= 11 is 17.4. The van der Waals surface area contributed by atoms with Gasteiger partial charge >= 0.3 is 0 Å². The molecule has 98 valence electrons. The lowest BCUT2D eigenvalue weighted by Gasteiger charge is -2.07. The van der Waals surface area contributed by atoms with Gasteiger partial charge in [-0.1, -0.05) is 34.8 Å². The molecule has 19 heavy (non-hydrogen) atoms. The van der Waals surface area contributed by atoms with Crippen molar-refractivity contribution in [1.82, 2.24) is 4.98 Å². The van der Waals surface area contributed by atoms with Gasteiger partial charge in [0.25, 0.3) is 5.91 Å². The van der Waals surface area contributed by atoms with Crippen molar-refractivity contribution in [2.45, 2.75) is 0 Å². The topological polar surface area (TPSA) is 42.0 Å². The third kappa shape index (κ3) is 3.15. The minimum Gasteiger partial charge on any atom is -0.321 e. The molecule has 2 rings (SSSR count). The fourth-order valence-corrected chi connectivity index (χ4v) is 1.89. The second-order valence-electron chi connectivity index (χ2n) is 3.54. The van der Waals surface area contributed by atoms with Gasteiger partial charge in [0.1, 0.15) is 11.5 Å². The van der Waals surface area contributed by atoms with Gasteiger partial charge in [0.15, 0.2) is 0 Å². The molecule has 0 radical (unpaired) electrons. The highest BCUT2D eigenvalue weighted by atomic mass is 35.5. The number of carbonyl (C=O) groups is 1. The third-order valence-electron chi connectivity index (χ3n) is 2.23. The number of carbonyl (C=O) groups excluding carboxylic acids is 1. The van der Waals surface area contributed by atoms with Crippen LogP contribution in [0.5, 0.6) is 0 Å². The fourth-order valence-electron chi connectivity index (χ4n) is 1.33. The van der Waals surface area contributed by atoms with Crippen LogP contribution < -0.4 is 5.32 Å². The number of halogens is 4. The Bertz CT molecular complexity index is 632. The first-order chi connectivity index (χ1) is 8.99. The summed E-state index contributed by atoms with van der Waals surface area (Å²) in [6, 6.07) is 5.27. The van der Waals surface area contributed by atoms with Crippen LogP contribution in [-0.2, 0) is 0 Å². The molecule has 7 heteroatoms. The molecule has 1 aromatic heterocycles. The molecule has 0 saturated heterocycles. The van der Waals surface area contributed by atoms with E-state index in [1.807, 2.05) is 0 Å². The summed E-state index contributed by atoms with van der Waals surface area (Å²) in [5, 5.41) is 2.70. The zero-order valence-electron chi connectivity index (χ0n) is 9.25.